The zero-order valence-corrected chi connectivity index (χ0v) is 16.5. The molecular weight excluding hydrogens is 344 g/mol. The van der Waals surface area contributed by atoms with E-state index in [-0.39, 0.29) is 18.6 Å². The molecular formula is C21H28N2O2S. The number of hydrogen-bond acceptors (Lipinski definition) is 4. The summed E-state index contributed by atoms with van der Waals surface area (Å²) >= 11 is 1.71. The summed E-state index contributed by atoms with van der Waals surface area (Å²) in [5.41, 5.74) is 3.56. The van der Waals surface area contributed by atoms with E-state index in [0.29, 0.717) is 6.54 Å². The van der Waals surface area contributed by atoms with Crippen LogP contribution in [0.25, 0.3) is 0 Å². The molecule has 1 N–H and O–H groups in total. The first-order valence-electron chi connectivity index (χ1n) is 9.37. The molecule has 1 aromatic heterocycles. The van der Waals surface area contributed by atoms with Crippen LogP contribution in [0.4, 0.5) is 0 Å². The SMILES string of the molecule is Cc1cccc(OCC(=O)NCC(c2ccsc2)N2CCCCC2)c1C. The Morgan fingerprint density at radius 2 is 2.04 bits per heavy atom. The summed E-state index contributed by atoms with van der Waals surface area (Å²) in [5, 5.41) is 7.37. The predicted octanol–water partition coefficient (Wildman–Crippen LogP) is 4.09. The minimum atomic E-state index is -0.0665. The monoisotopic (exact) mass is 372 g/mol. The van der Waals surface area contributed by atoms with Gasteiger partial charge >= 0.3 is 0 Å². The highest BCUT2D eigenvalue weighted by molar-refractivity contribution is 7.07. The molecule has 0 spiro atoms. The summed E-state index contributed by atoms with van der Waals surface area (Å²) in [7, 11) is 0. The lowest BCUT2D eigenvalue weighted by molar-refractivity contribution is -0.123. The summed E-state index contributed by atoms with van der Waals surface area (Å²) in [6, 6.07) is 8.34. The van der Waals surface area contributed by atoms with Crippen LogP contribution in [0.1, 0.15) is 42.0 Å². The van der Waals surface area contributed by atoms with Crippen molar-refractivity contribution in [3.8, 4) is 5.75 Å². The van der Waals surface area contributed by atoms with Crippen molar-refractivity contribution in [2.45, 2.75) is 39.2 Å². The van der Waals surface area contributed by atoms with Crippen LogP contribution >= 0.6 is 11.3 Å². The summed E-state index contributed by atoms with van der Waals surface area (Å²) in [6.07, 6.45) is 3.79. The Morgan fingerprint density at radius 1 is 1.23 bits per heavy atom. The van der Waals surface area contributed by atoms with Gasteiger partial charge in [0.1, 0.15) is 5.75 Å². The first-order valence-corrected chi connectivity index (χ1v) is 10.3. The molecule has 0 saturated carbocycles. The minimum Gasteiger partial charge on any atom is -0.483 e. The second kappa shape index (κ2) is 9.19. The van der Waals surface area contributed by atoms with Gasteiger partial charge in [-0.1, -0.05) is 18.6 Å². The molecule has 1 saturated heterocycles. The lowest BCUT2D eigenvalue weighted by Crippen LogP contribution is -2.41. The van der Waals surface area contributed by atoms with Crippen LogP contribution in [-0.2, 0) is 4.79 Å². The van der Waals surface area contributed by atoms with Crippen molar-refractivity contribution < 1.29 is 9.53 Å². The van der Waals surface area contributed by atoms with Crippen LogP contribution in [0.15, 0.2) is 35.0 Å². The number of rotatable bonds is 7. The Hall–Kier alpha value is -1.85. The summed E-state index contributed by atoms with van der Waals surface area (Å²) in [4.78, 5) is 14.8. The smallest absolute Gasteiger partial charge is 0.258 e. The number of nitrogens with zero attached hydrogens (tertiary/aromatic N) is 1. The molecule has 4 nitrogen and oxygen atoms in total. The third kappa shape index (κ3) is 4.86. The second-order valence-electron chi connectivity index (χ2n) is 6.96. The van der Waals surface area contributed by atoms with Gasteiger partial charge in [0.05, 0.1) is 6.04 Å². The Bertz CT molecular complexity index is 709. The van der Waals surface area contributed by atoms with Crippen LogP contribution in [0.5, 0.6) is 5.75 Å². The Morgan fingerprint density at radius 3 is 2.77 bits per heavy atom. The number of ether oxygens (including phenoxy) is 1. The van der Waals surface area contributed by atoms with Crippen molar-refractivity contribution in [3.63, 3.8) is 0 Å². The Kier molecular flexibility index (Phi) is 6.69. The van der Waals surface area contributed by atoms with Crippen LogP contribution in [0, 0.1) is 13.8 Å². The van der Waals surface area contributed by atoms with Gasteiger partial charge in [-0.05, 0) is 79.4 Å². The first-order chi connectivity index (χ1) is 12.6. The zero-order valence-electron chi connectivity index (χ0n) is 15.7. The number of carbonyl (C=O) groups is 1. The lowest BCUT2D eigenvalue weighted by Gasteiger charge is -2.34. The Labute approximate surface area is 160 Å². The molecule has 26 heavy (non-hydrogen) atoms. The number of piperidine rings is 1. The quantitative estimate of drug-likeness (QED) is 0.796. The average Bonchev–Trinajstić information content (AvgIpc) is 3.18. The first kappa shape index (κ1) is 18.9. The van der Waals surface area contributed by atoms with Gasteiger partial charge in [0.25, 0.3) is 5.91 Å². The molecule has 1 unspecified atom stereocenters. The fraction of sp³-hybridized carbons (Fsp3) is 0.476. The van der Waals surface area contributed by atoms with Gasteiger partial charge in [0, 0.05) is 6.54 Å². The summed E-state index contributed by atoms with van der Waals surface area (Å²) in [5.74, 6) is 0.716. The molecule has 3 rings (SSSR count). The third-order valence-electron chi connectivity index (χ3n) is 5.17. The number of amides is 1. The average molecular weight is 373 g/mol. The molecule has 2 aromatic rings. The molecule has 1 aliphatic rings. The van der Waals surface area contributed by atoms with Crippen molar-refractivity contribution >= 4 is 17.2 Å². The van der Waals surface area contributed by atoms with Gasteiger partial charge in [-0.2, -0.15) is 11.3 Å². The van der Waals surface area contributed by atoms with E-state index in [1.165, 1.54) is 30.4 Å². The number of thiophene rings is 1. The fourth-order valence-electron chi connectivity index (χ4n) is 3.44. The number of hydrogen-bond donors (Lipinski definition) is 1. The van der Waals surface area contributed by atoms with Gasteiger partial charge in [0.15, 0.2) is 6.61 Å². The molecule has 1 amide bonds. The molecule has 5 heteroatoms. The van der Waals surface area contributed by atoms with Crippen LogP contribution < -0.4 is 10.1 Å². The van der Waals surface area contributed by atoms with E-state index in [1.807, 2.05) is 32.0 Å². The van der Waals surface area contributed by atoms with Crippen molar-refractivity contribution in [1.29, 1.82) is 0 Å². The topological polar surface area (TPSA) is 41.6 Å². The maximum Gasteiger partial charge on any atom is 0.258 e. The van der Waals surface area contributed by atoms with Gasteiger partial charge < -0.3 is 10.1 Å². The van der Waals surface area contributed by atoms with Gasteiger partial charge in [-0.3, -0.25) is 9.69 Å². The van der Waals surface area contributed by atoms with Gasteiger partial charge in [-0.15, -0.1) is 0 Å². The van der Waals surface area contributed by atoms with E-state index < -0.39 is 0 Å². The molecule has 0 aliphatic carbocycles. The highest BCUT2D eigenvalue weighted by Crippen LogP contribution is 2.26. The molecule has 1 aromatic carbocycles. The predicted molar refractivity (Wildman–Crippen MR) is 107 cm³/mol. The number of carbonyl (C=O) groups excluding carboxylic acids is 1. The lowest BCUT2D eigenvalue weighted by atomic mass is 10.0. The highest BCUT2D eigenvalue weighted by Gasteiger charge is 2.23. The molecule has 140 valence electrons. The molecule has 2 heterocycles. The summed E-state index contributed by atoms with van der Waals surface area (Å²) in [6.45, 7) is 6.97. The Balaban J connectivity index is 1.54. The van der Waals surface area contributed by atoms with Gasteiger partial charge in [-0.25, -0.2) is 0 Å². The second-order valence-corrected chi connectivity index (χ2v) is 7.74. The molecule has 1 fully saturated rings. The van der Waals surface area contributed by atoms with Crippen molar-refractivity contribution in [2.24, 2.45) is 0 Å². The molecule has 0 bridgehead atoms. The molecule has 1 atom stereocenters. The van der Waals surface area contributed by atoms with Crippen molar-refractivity contribution in [2.75, 3.05) is 26.2 Å². The maximum atomic E-state index is 12.3. The van der Waals surface area contributed by atoms with E-state index in [1.54, 1.807) is 11.3 Å². The normalized spacial score (nSPS) is 16.2. The maximum absolute atomic E-state index is 12.3. The third-order valence-corrected chi connectivity index (χ3v) is 5.87. The summed E-state index contributed by atoms with van der Waals surface area (Å²) < 4.78 is 5.72. The number of nitrogens with one attached hydrogen (secondary N) is 1. The van der Waals surface area contributed by atoms with Crippen LogP contribution in [-0.4, -0.2) is 37.0 Å². The zero-order chi connectivity index (χ0) is 18.4. The van der Waals surface area contributed by atoms with E-state index in [2.05, 4.69) is 27.0 Å². The van der Waals surface area contributed by atoms with Crippen LogP contribution in [0.3, 0.4) is 0 Å². The van der Waals surface area contributed by atoms with Crippen LogP contribution in [0.2, 0.25) is 0 Å². The van der Waals surface area contributed by atoms with E-state index in [9.17, 15) is 4.79 Å². The highest BCUT2D eigenvalue weighted by atomic mass is 32.1. The van der Waals surface area contributed by atoms with E-state index in [4.69, 9.17) is 4.74 Å². The number of benzene rings is 1. The van der Waals surface area contributed by atoms with E-state index >= 15 is 0 Å². The van der Waals surface area contributed by atoms with Crippen molar-refractivity contribution in [1.82, 2.24) is 10.2 Å². The van der Waals surface area contributed by atoms with E-state index in [0.717, 1.165) is 24.4 Å². The largest absolute Gasteiger partial charge is 0.483 e. The fourth-order valence-corrected chi connectivity index (χ4v) is 4.14. The van der Waals surface area contributed by atoms with Crippen molar-refractivity contribution in [3.05, 3.63) is 51.7 Å². The van der Waals surface area contributed by atoms with Gasteiger partial charge in [0.2, 0.25) is 0 Å². The molecule has 1 aliphatic heterocycles. The minimum absolute atomic E-state index is 0.0562. The standard InChI is InChI=1S/C21H28N2O2S/c1-16-7-6-8-20(17(16)2)25-14-21(24)22-13-19(18-9-12-26-15-18)23-10-4-3-5-11-23/h6-9,12,15,19H,3-5,10-11,13-14H2,1-2H3,(H,22,24). The number of likely N-dealkylation sites (tertiary alicyclic amines) is 1. The number of aryl methyl sites for hydroxylation is 1. The molecule has 0 radical (unpaired) electrons.